The summed E-state index contributed by atoms with van der Waals surface area (Å²) in [4.78, 5) is 15.1. The van der Waals surface area contributed by atoms with Crippen LogP contribution in [0.15, 0.2) is 30.5 Å². The van der Waals surface area contributed by atoms with E-state index in [1.165, 1.54) is 0 Å². The summed E-state index contributed by atoms with van der Waals surface area (Å²) in [7, 11) is 0. The van der Waals surface area contributed by atoms with Crippen molar-refractivity contribution >= 4 is 22.6 Å². The average molecular weight is 231 g/mol. The van der Waals surface area contributed by atoms with Gasteiger partial charge in [0.25, 0.3) is 0 Å². The zero-order valence-corrected chi connectivity index (χ0v) is 9.18. The van der Waals surface area contributed by atoms with Gasteiger partial charge in [-0.2, -0.15) is 0 Å². The second-order valence-corrected chi connectivity index (χ2v) is 3.62. The lowest BCUT2D eigenvalue weighted by Crippen LogP contribution is -2.14. The highest BCUT2D eigenvalue weighted by molar-refractivity contribution is 5.98. The number of benzene rings is 1. The molecular formula is C12H13N3O2. The molecule has 0 amide bonds. The van der Waals surface area contributed by atoms with Gasteiger partial charge in [-0.25, -0.2) is 9.78 Å². The van der Waals surface area contributed by atoms with Gasteiger partial charge in [-0.3, -0.25) is 0 Å². The molecule has 1 heterocycles. The smallest absolute Gasteiger partial charge is 0.335 e. The van der Waals surface area contributed by atoms with Crippen molar-refractivity contribution in [2.45, 2.75) is 0 Å². The van der Waals surface area contributed by atoms with Crippen LogP contribution in [0.4, 0.5) is 5.82 Å². The number of pyridine rings is 1. The van der Waals surface area contributed by atoms with Crippen LogP contribution >= 0.6 is 0 Å². The second kappa shape index (κ2) is 4.80. The van der Waals surface area contributed by atoms with Gasteiger partial charge in [-0.05, 0) is 23.6 Å². The number of hydrogen-bond donors (Lipinski definition) is 3. The van der Waals surface area contributed by atoms with Gasteiger partial charge >= 0.3 is 5.97 Å². The molecule has 0 saturated heterocycles. The molecule has 0 unspecified atom stereocenters. The van der Waals surface area contributed by atoms with Crippen LogP contribution in [0.25, 0.3) is 10.8 Å². The maximum atomic E-state index is 10.9. The lowest BCUT2D eigenvalue weighted by Gasteiger charge is -2.08. The summed E-state index contributed by atoms with van der Waals surface area (Å²) in [5.74, 6) is -0.281. The molecule has 0 atom stereocenters. The van der Waals surface area contributed by atoms with Gasteiger partial charge < -0.3 is 16.2 Å². The lowest BCUT2D eigenvalue weighted by molar-refractivity contribution is 0.0697. The number of nitrogens with zero attached hydrogens (tertiary/aromatic N) is 1. The molecule has 0 aliphatic carbocycles. The molecule has 0 spiro atoms. The average Bonchev–Trinajstić information content (AvgIpc) is 2.35. The molecule has 0 saturated carbocycles. The van der Waals surface area contributed by atoms with Crippen LogP contribution in [0.2, 0.25) is 0 Å². The highest BCUT2D eigenvalue weighted by Crippen LogP contribution is 2.22. The van der Waals surface area contributed by atoms with Crippen LogP contribution in [0.1, 0.15) is 10.4 Å². The molecule has 2 rings (SSSR count). The van der Waals surface area contributed by atoms with Crippen LogP contribution in [0.3, 0.4) is 0 Å². The van der Waals surface area contributed by atoms with Gasteiger partial charge in [-0.15, -0.1) is 0 Å². The zero-order chi connectivity index (χ0) is 12.3. The number of aromatic nitrogens is 1. The fraction of sp³-hybridized carbons (Fsp3) is 0.167. The van der Waals surface area contributed by atoms with E-state index in [9.17, 15) is 4.79 Å². The van der Waals surface area contributed by atoms with Crippen molar-refractivity contribution in [3.63, 3.8) is 0 Å². The van der Waals surface area contributed by atoms with Gasteiger partial charge in [0.2, 0.25) is 0 Å². The van der Waals surface area contributed by atoms with Gasteiger partial charge in [-0.1, -0.05) is 6.07 Å². The van der Waals surface area contributed by atoms with E-state index >= 15 is 0 Å². The molecule has 17 heavy (non-hydrogen) atoms. The number of nitrogens with two attached hydrogens (primary N) is 1. The highest BCUT2D eigenvalue weighted by atomic mass is 16.4. The predicted molar refractivity (Wildman–Crippen MR) is 66.2 cm³/mol. The zero-order valence-electron chi connectivity index (χ0n) is 9.18. The topological polar surface area (TPSA) is 88.2 Å². The number of carboxylic acid groups (broad SMARTS) is 1. The molecule has 0 radical (unpaired) electrons. The summed E-state index contributed by atoms with van der Waals surface area (Å²) in [6.45, 7) is 1.10. The first kappa shape index (κ1) is 11.3. The Hall–Kier alpha value is -2.14. The molecule has 5 nitrogen and oxygen atoms in total. The maximum Gasteiger partial charge on any atom is 0.335 e. The minimum atomic E-state index is -0.944. The Labute approximate surface area is 98.3 Å². The standard InChI is InChI=1S/C12H13N3O2/c13-4-6-15-11-10-7-9(12(16)17)2-1-8(10)3-5-14-11/h1-3,5,7H,4,6,13H2,(H,14,15)(H,16,17). The van der Waals surface area contributed by atoms with E-state index in [2.05, 4.69) is 10.3 Å². The summed E-state index contributed by atoms with van der Waals surface area (Å²) < 4.78 is 0. The molecule has 2 aromatic rings. The minimum absolute atomic E-state index is 0.251. The SMILES string of the molecule is NCCNc1nccc2ccc(C(=O)O)cc12. The third-order valence-electron chi connectivity index (χ3n) is 2.45. The number of carbonyl (C=O) groups is 1. The number of rotatable bonds is 4. The van der Waals surface area contributed by atoms with E-state index in [0.29, 0.717) is 18.9 Å². The number of hydrogen-bond acceptors (Lipinski definition) is 4. The Morgan fingerprint density at radius 1 is 1.41 bits per heavy atom. The van der Waals surface area contributed by atoms with Crippen molar-refractivity contribution in [3.05, 3.63) is 36.0 Å². The Morgan fingerprint density at radius 3 is 2.94 bits per heavy atom. The highest BCUT2D eigenvalue weighted by Gasteiger charge is 2.06. The molecule has 4 N–H and O–H groups in total. The molecule has 0 bridgehead atoms. The number of anilines is 1. The van der Waals surface area contributed by atoms with Crippen molar-refractivity contribution in [3.8, 4) is 0 Å². The third kappa shape index (κ3) is 2.34. The maximum absolute atomic E-state index is 10.9. The van der Waals surface area contributed by atoms with Crippen molar-refractivity contribution in [1.29, 1.82) is 0 Å². The van der Waals surface area contributed by atoms with Crippen molar-refractivity contribution in [2.75, 3.05) is 18.4 Å². The van der Waals surface area contributed by atoms with Crippen molar-refractivity contribution in [2.24, 2.45) is 5.73 Å². The van der Waals surface area contributed by atoms with E-state index in [4.69, 9.17) is 10.8 Å². The fourth-order valence-corrected chi connectivity index (χ4v) is 1.63. The summed E-state index contributed by atoms with van der Waals surface area (Å²) in [6, 6.07) is 6.81. The number of aromatic carboxylic acids is 1. The minimum Gasteiger partial charge on any atom is -0.478 e. The van der Waals surface area contributed by atoms with Gasteiger partial charge in [0, 0.05) is 24.7 Å². The monoisotopic (exact) mass is 231 g/mol. The van der Waals surface area contributed by atoms with E-state index in [0.717, 1.165) is 10.8 Å². The van der Waals surface area contributed by atoms with Gasteiger partial charge in [0.05, 0.1) is 5.56 Å². The molecule has 5 heteroatoms. The van der Waals surface area contributed by atoms with E-state index in [1.54, 1.807) is 24.4 Å². The molecule has 88 valence electrons. The van der Waals surface area contributed by atoms with Crippen LogP contribution in [0.5, 0.6) is 0 Å². The summed E-state index contributed by atoms with van der Waals surface area (Å²) in [6.07, 6.45) is 1.68. The Bertz CT molecular complexity index is 554. The largest absolute Gasteiger partial charge is 0.478 e. The third-order valence-corrected chi connectivity index (χ3v) is 2.45. The first-order chi connectivity index (χ1) is 8.22. The summed E-state index contributed by atoms with van der Waals surface area (Å²) in [5.41, 5.74) is 5.67. The van der Waals surface area contributed by atoms with Crippen LogP contribution in [-0.2, 0) is 0 Å². The Balaban J connectivity index is 2.51. The normalized spacial score (nSPS) is 10.4. The van der Waals surface area contributed by atoms with Crippen LogP contribution in [0, 0.1) is 0 Å². The number of nitrogens with one attached hydrogen (secondary N) is 1. The first-order valence-corrected chi connectivity index (χ1v) is 5.28. The van der Waals surface area contributed by atoms with Crippen molar-refractivity contribution < 1.29 is 9.90 Å². The lowest BCUT2D eigenvalue weighted by atomic mass is 10.1. The first-order valence-electron chi connectivity index (χ1n) is 5.28. The molecular weight excluding hydrogens is 218 g/mol. The quantitative estimate of drug-likeness (QED) is 0.738. The van der Waals surface area contributed by atoms with Crippen LogP contribution < -0.4 is 11.1 Å². The van der Waals surface area contributed by atoms with E-state index in [-0.39, 0.29) is 5.56 Å². The Kier molecular flexibility index (Phi) is 3.20. The molecule has 1 aromatic carbocycles. The van der Waals surface area contributed by atoms with E-state index in [1.807, 2.05) is 6.07 Å². The number of carboxylic acids is 1. The van der Waals surface area contributed by atoms with Crippen molar-refractivity contribution in [1.82, 2.24) is 4.98 Å². The Morgan fingerprint density at radius 2 is 2.24 bits per heavy atom. The van der Waals surface area contributed by atoms with Gasteiger partial charge in [0.15, 0.2) is 0 Å². The number of fused-ring (bicyclic) bond motifs is 1. The molecule has 0 aliphatic rings. The molecule has 0 fully saturated rings. The molecule has 0 aliphatic heterocycles. The van der Waals surface area contributed by atoms with Gasteiger partial charge in [0.1, 0.15) is 5.82 Å². The summed E-state index contributed by atoms with van der Waals surface area (Å²) in [5, 5.41) is 13.8. The predicted octanol–water partition coefficient (Wildman–Crippen LogP) is 1.30. The van der Waals surface area contributed by atoms with Crippen LogP contribution in [-0.4, -0.2) is 29.1 Å². The van der Waals surface area contributed by atoms with E-state index < -0.39 is 5.97 Å². The summed E-state index contributed by atoms with van der Waals surface area (Å²) >= 11 is 0. The molecule has 1 aromatic heterocycles. The fourth-order valence-electron chi connectivity index (χ4n) is 1.63. The second-order valence-electron chi connectivity index (χ2n) is 3.62.